The van der Waals surface area contributed by atoms with E-state index in [0.717, 1.165) is 32.1 Å². The molecule has 1 unspecified atom stereocenters. The zero-order chi connectivity index (χ0) is 19.2. The van der Waals surface area contributed by atoms with E-state index < -0.39 is 5.41 Å². The first-order valence-electron chi connectivity index (χ1n) is 9.23. The molecule has 1 aromatic rings. The Hall–Kier alpha value is -2.24. The molecule has 1 heterocycles. The van der Waals surface area contributed by atoms with E-state index in [-0.39, 0.29) is 24.2 Å². The number of hydrogen-bond acceptors (Lipinski definition) is 4. The molecule has 1 atom stereocenters. The maximum Gasteiger partial charge on any atom is 0.230 e. The first-order valence-corrected chi connectivity index (χ1v) is 9.23. The second kappa shape index (κ2) is 8.92. The Morgan fingerprint density at radius 2 is 1.96 bits per heavy atom. The van der Waals surface area contributed by atoms with Crippen molar-refractivity contribution < 1.29 is 14.4 Å². The van der Waals surface area contributed by atoms with Gasteiger partial charge in [-0.2, -0.15) is 0 Å². The molecule has 1 aliphatic carbocycles. The Labute approximate surface area is 155 Å². The number of ketones is 1. The van der Waals surface area contributed by atoms with Gasteiger partial charge in [0.15, 0.2) is 5.78 Å². The fourth-order valence-corrected chi connectivity index (χ4v) is 4.01. The lowest BCUT2D eigenvalue weighted by atomic mass is 9.68. The van der Waals surface area contributed by atoms with Crippen molar-refractivity contribution in [2.75, 3.05) is 27.2 Å². The van der Waals surface area contributed by atoms with E-state index in [1.165, 1.54) is 22.4 Å². The highest BCUT2D eigenvalue weighted by atomic mass is 16.2. The molecule has 1 aromatic heterocycles. The Morgan fingerprint density at radius 1 is 1.27 bits per heavy atom. The maximum atomic E-state index is 13.3. The SMILES string of the molecule is CN(C=O)CC(C)(C(=O)N(C)CC(=O)c1cccnc1)C1CCCCC1. The molecule has 1 aliphatic rings. The number of aromatic nitrogens is 1. The van der Waals surface area contributed by atoms with Gasteiger partial charge in [0, 0.05) is 38.6 Å². The van der Waals surface area contributed by atoms with Crippen LogP contribution in [0.25, 0.3) is 0 Å². The van der Waals surface area contributed by atoms with Crippen LogP contribution < -0.4 is 0 Å². The third kappa shape index (κ3) is 4.68. The molecular weight excluding hydrogens is 330 g/mol. The molecular formula is C20H29N3O3. The van der Waals surface area contributed by atoms with Gasteiger partial charge in [-0.25, -0.2) is 0 Å². The first kappa shape index (κ1) is 20.1. The Bertz CT molecular complexity index is 628. The summed E-state index contributed by atoms with van der Waals surface area (Å²) in [4.78, 5) is 43.9. The number of amides is 2. The molecule has 6 heteroatoms. The molecule has 0 aromatic carbocycles. The van der Waals surface area contributed by atoms with Gasteiger partial charge in [-0.15, -0.1) is 0 Å². The van der Waals surface area contributed by atoms with E-state index in [1.54, 1.807) is 32.4 Å². The summed E-state index contributed by atoms with van der Waals surface area (Å²) in [6.07, 6.45) is 9.27. The second-order valence-corrected chi connectivity index (χ2v) is 7.60. The van der Waals surface area contributed by atoms with Crippen molar-refractivity contribution in [1.82, 2.24) is 14.8 Å². The minimum Gasteiger partial charge on any atom is -0.347 e. The van der Waals surface area contributed by atoms with Crippen LogP contribution in [-0.4, -0.2) is 60.1 Å². The van der Waals surface area contributed by atoms with Gasteiger partial charge in [-0.1, -0.05) is 19.3 Å². The number of carbonyl (C=O) groups is 3. The predicted octanol–water partition coefficient (Wildman–Crippen LogP) is 2.40. The number of hydrogen-bond donors (Lipinski definition) is 0. The highest BCUT2D eigenvalue weighted by molar-refractivity contribution is 5.99. The van der Waals surface area contributed by atoms with Gasteiger partial charge in [-0.05, 0) is 37.8 Å². The van der Waals surface area contributed by atoms with Gasteiger partial charge in [0.05, 0.1) is 12.0 Å². The van der Waals surface area contributed by atoms with Crippen molar-refractivity contribution >= 4 is 18.1 Å². The standard InChI is InChI=1S/C20H29N3O3/c1-20(14-22(2)15-24,17-9-5-4-6-10-17)19(26)23(3)13-18(25)16-8-7-11-21-12-16/h7-8,11-12,15,17H,4-6,9-10,13-14H2,1-3H3. The fraction of sp³-hybridized carbons (Fsp3) is 0.600. The first-order chi connectivity index (χ1) is 12.4. The van der Waals surface area contributed by atoms with Crippen molar-refractivity contribution in [2.24, 2.45) is 11.3 Å². The summed E-state index contributed by atoms with van der Waals surface area (Å²) in [5.74, 6) is 0.0149. The van der Waals surface area contributed by atoms with Gasteiger partial charge in [0.2, 0.25) is 12.3 Å². The van der Waals surface area contributed by atoms with Crippen molar-refractivity contribution in [3.8, 4) is 0 Å². The lowest BCUT2D eigenvalue weighted by Gasteiger charge is -2.42. The molecule has 2 amide bonds. The van der Waals surface area contributed by atoms with Crippen molar-refractivity contribution in [3.05, 3.63) is 30.1 Å². The van der Waals surface area contributed by atoms with Crippen LogP contribution in [0.15, 0.2) is 24.5 Å². The lowest BCUT2D eigenvalue weighted by molar-refractivity contribution is -0.145. The molecule has 6 nitrogen and oxygen atoms in total. The maximum absolute atomic E-state index is 13.3. The van der Waals surface area contributed by atoms with E-state index >= 15 is 0 Å². The number of nitrogens with zero attached hydrogens (tertiary/aromatic N) is 3. The molecule has 26 heavy (non-hydrogen) atoms. The van der Waals surface area contributed by atoms with Gasteiger partial charge in [0.25, 0.3) is 0 Å². The Balaban J connectivity index is 2.15. The van der Waals surface area contributed by atoms with E-state index in [4.69, 9.17) is 0 Å². The molecule has 0 bridgehead atoms. The van der Waals surface area contributed by atoms with Gasteiger partial charge in [0.1, 0.15) is 0 Å². The number of rotatable bonds is 8. The lowest BCUT2D eigenvalue weighted by Crippen LogP contribution is -2.52. The summed E-state index contributed by atoms with van der Waals surface area (Å²) in [5, 5.41) is 0. The molecule has 1 fully saturated rings. The predicted molar refractivity (Wildman–Crippen MR) is 99.6 cm³/mol. The summed E-state index contributed by atoms with van der Waals surface area (Å²) in [7, 11) is 3.36. The van der Waals surface area contributed by atoms with Gasteiger partial charge >= 0.3 is 0 Å². The molecule has 0 N–H and O–H groups in total. The highest BCUT2D eigenvalue weighted by Gasteiger charge is 2.44. The van der Waals surface area contributed by atoms with Crippen LogP contribution in [-0.2, 0) is 9.59 Å². The monoisotopic (exact) mass is 359 g/mol. The van der Waals surface area contributed by atoms with Crippen LogP contribution >= 0.6 is 0 Å². The topological polar surface area (TPSA) is 70.6 Å². The van der Waals surface area contributed by atoms with E-state index in [1.807, 2.05) is 6.92 Å². The summed E-state index contributed by atoms with van der Waals surface area (Å²) >= 11 is 0. The fourth-order valence-electron chi connectivity index (χ4n) is 4.01. The van der Waals surface area contributed by atoms with Crippen LogP contribution in [0.4, 0.5) is 0 Å². The van der Waals surface area contributed by atoms with E-state index in [0.29, 0.717) is 12.1 Å². The summed E-state index contributed by atoms with van der Waals surface area (Å²) < 4.78 is 0. The van der Waals surface area contributed by atoms with Gasteiger partial charge in [-0.3, -0.25) is 19.4 Å². The number of pyridine rings is 1. The molecule has 1 saturated carbocycles. The van der Waals surface area contributed by atoms with Crippen molar-refractivity contribution in [2.45, 2.75) is 39.0 Å². The third-order valence-corrected chi connectivity index (χ3v) is 5.46. The van der Waals surface area contributed by atoms with Crippen molar-refractivity contribution in [3.63, 3.8) is 0 Å². The van der Waals surface area contributed by atoms with Crippen LogP contribution in [0.1, 0.15) is 49.4 Å². The largest absolute Gasteiger partial charge is 0.347 e. The molecule has 0 aliphatic heterocycles. The number of Topliss-reactive ketones (excluding diaryl/α,β-unsaturated/α-hetero) is 1. The normalized spacial score (nSPS) is 17.2. The molecule has 2 rings (SSSR count). The highest BCUT2D eigenvalue weighted by Crippen LogP contribution is 2.40. The van der Waals surface area contributed by atoms with Crippen LogP contribution in [0.5, 0.6) is 0 Å². The second-order valence-electron chi connectivity index (χ2n) is 7.60. The minimum atomic E-state index is -0.681. The van der Waals surface area contributed by atoms with Gasteiger partial charge < -0.3 is 9.80 Å². The molecule has 0 radical (unpaired) electrons. The Morgan fingerprint density at radius 3 is 2.54 bits per heavy atom. The molecule has 142 valence electrons. The van der Waals surface area contributed by atoms with E-state index in [9.17, 15) is 14.4 Å². The molecule has 0 saturated heterocycles. The van der Waals surface area contributed by atoms with Crippen LogP contribution in [0.3, 0.4) is 0 Å². The molecule has 0 spiro atoms. The zero-order valence-corrected chi connectivity index (χ0v) is 16.0. The quantitative estimate of drug-likeness (QED) is 0.528. The summed E-state index contributed by atoms with van der Waals surface area (Å²) in [5.41, 5.74) is -0.184. The number of likely N-dealkylation sites (N-methyl/N-ethyl adjacent to an activating group) is 1. The number of carbonyl (C=O) groups excluding carboxylic acids is 3. The average molecular weight is 359 g/mol. The smallest absolute Gasteiger partial charge is 0.230 e. The van der Waals surface area contributed by atoms with E-state index in [2.05, 4.69) is 4.98 Å². The van der Waals surface area contributed by atoms with Crippen molar-refractivity contribution in [1.29, 1.82) is 0 Å². The summed E-state index contributed by atoms with van der Waals surface area (Å²) in [6, 6.07) is 3.41. The summed E-state index contributed by atoms with van der Waals surface area (Å²) in [6.45, 7) is 2.32. The zero-order valence-electron chi connectivity index (χ0n) is 16.0. The third-order valence-electron chi connectivity index (χ3n) is 5.46. The van der Waals surface area contributed by atoms with Crippen LogP contribution in [0.2, 0.25) is 0 Å². The Kier molecular flexibility index (Phi) is 6.89. The minimum absolute atomic E-state index is 0.0115. The average Bonchev–Trinajstić information content (AvgIpc) is 2.68. The van der Waals surface area contributed by atoms with Crippen LogP contribution in [0, 0.1) is 11.3 Å².